The van der Waals surface area contributed by atoms with Gasteiger partial charge >= 0.3 is 6.61 Å². The SMILES string of the molecule is O=C(Nc1c(-c2ccc(F)cc2)nc2sccn12)c1ccc(OC(F)F)cc1. The van der Waals surface area contributed by atoms with Gasteiger partial charge in [-0.25, -0.2) is 9.37 Å². The monoisotopic (exact) mass is 403 g/mol. The molecule has 0 spiro atoms. The number of ether oxygens (including phenoxy) is 1. The summed E-state index contributed by atoms with van der Waals surface area (Å²) >= 11 is 1.39. The highest BCUT2D eigenvalue weighted by Gasteiger charge is 2.18. The first kappa shape index (κ1) is 18.1. The van der Waals surface area contributed by atoms with Crippen LogP contribution >= 0.6 is 11.3 Å². The van der Waals surface area contributed by atoms with Crippen molar-refractivity contribution >= 4 is 28.0 Å². The lowest BCUT2D eigenvalue weighted by molar-refractivity contribution is -0.0498. The maximum absolute atomic E-state index is 13.2. The van der Waals surface area contributed by atoms with Crippen molar-refractivity contribution in [3.63, 3.8) is 0 Å². The van der Waals surface area contributed by atoms with Gasteiger partial charge in [-0.05, 0) is 48.5 Å². The van der Waals surface area contributed by atoms with Crippen LogP contribution in [0.1, 0.15) is 10.4 Å². The van der Waals surface area contributed by atoms with E-state index in [4.69, 9.17) is 0 Å². The van der Waals surface area contributed by atoms with Gasteiger partial charge in [0, 0.05) is 22.7 Å². The van der Waals surface area contributed by atoms with Gasteiger partial charge in [0.05, 0.1) is 0 Å². The number of anilines is 1. The molecule has 2 heterocycles. The Morgan fingerprint density at radius 2 is 1.82 bits per heavy atom. The van der Waals surface area contributed by atoms with Crippen molar-refractivity contribution in [3.05, 3.63) is 71.5 Å². The summed E-state index contributed by atoms with van der Waals surface area (Å²) in [6.45, 7) is -2.93. The predicted molar refractivity (Wildman–Crippen MR) is 99.5 cm³/mol. The van der Waals surface area contributed by atoms with Gasteiger partial charge in [0.15, 0.2) is 4.96 Å². The molecular weight excluding hydrogens is 391 g/mol. The second kappa shape index (κ2) is 7.35. The Morgan fingerprint density at radius 1 is 1.11 bits per heavy atom. The number of carbonyl (C=O) groups is 1. The Morgan fingerprint density at radius 3 is 2.50 bits per heavy atom. The Labute approximate surface area is 161 Å². The van der Waals surface area contributed by atoms with Crippen molar-refractivity contribution in [3.8, 4) is 17.0 Å². The van der Waals surface area contributed by atoms with Crippen LogP contribution in [-0.4, -0.2) is 21.9 Å². The van der Waals surface area contributed by atoms with E-state index in [-0.39, 0.29) is 17.1 Å². The average molecular weight is 403 g/mol. The van der Waals surface area contributed by atoms with Crippen LogP contribution in [0.5, 0.6) is 5.75 Å². The van der Waals surface area contributed by atoms with E-state index < -0.39 is 12.5 Å². The fraction of sp³-hybridized carbons (Fsp3) is 0.0526. The molecule has 1 N–H and O–H groups in total. The number of imidazole rings is 1. The van der Waals surface area contributed by atoms with Crippen molar-refractivity contribution in [2.45, 2.75) is 6.61 Å². The van der Waals surface area contributed by atoms with Gasteiger partial charge in [0.2, 0.25) is 0 Å². The quantitative estimate of drug-likeness (QED) is 0.507. The van der Waals surface area contributed by atoms with Crippen LogP contribution in [0.25, 0.3) is 16.2 Å². The summed E-state index contributed by atoms with van der Waals surface area (Å²) in [4.78, 5) is 17.8. The van der Waals surface area contributed by atoms with Gasteiger partial charge < -0.3 is 10.1 Å². The zero-order valence-corrected chi connectivity index (χ0v) is 14.9. The van der Waals surface area contributed by atoms with Crippen molar-refractivity contribution in [1.29, 1.82) is 0 Å². The van der Waals surface area contributed by atoms with E-state index in [1.165, 1.54) is 47.7 Å². The maximum atomic E-state index is 13.2. The number of hydrogen-bond donors (Lipinski definition) is 1. The molecule has 9 heteroatoms. The second-order valence-electron chi connectivity index (χ2n) is 5.73. The van der Waals surface area contributed by atoms with Crippen molar-refractivity contribution in [1.82, 2.24) is 9.38 Å². The number of rotatable bonds is 5. The fourth-order valence-corrected chi connectivity index (χ4v) is 3.40. The molecule has 1 amide bonds. The minimum absolute atomic E-state index is 0.0388. The summed E-state index contributed by atoms with van der Waals surface area (Å²) in [5, 5.41) is 4.62. The van der Waals surface area contributed by atoms with Crippen LogP contribution in [0.4, 0.5) is 19.0 Å². The Hall–Kier alpha value is -3.33. The molecule has 0 fully saturated rings. The predicted octanol–water partition coefficient (Wildman–Crippen LogP) is 5.06. The molecule has 0 atom stereocenters. The van der Waals surface area contributed by atoms with Crippen molar-refractivity contribution < 1.29 is 22.7 Å². The number of thiazole rings is 1. The minimum atomic E-state index is -2.93. The highest BCUT2D eigenvalue weighted by molar-refractivity contribution is 7.15. The summed E-state index contributed by atoms with van der Waals surface area (Å²) in [7, 11) is 0. The van der Waals surface area contributed by atoms with Crippen molar-refractivity contribution in [2.75, 3.05) is 5.32 Å². The van der Waals surface area contributed by atoms with Gasteiger partial charge in [-0.1, -0.05) is 0 Å². The molecule has 0 aliphatic rings. The van der Waals surface area contributed by atoms with E-state index in [0.29, 0.717) is 22.0 Å². The van der Waals surface area contributed by atoms with Crippen LogP contribution in [0.2, 0.25) is 0 Å². The lowest BCUT2D eigenvalue weighted by Gasteiger charge is -2.08. The van der Waals surface area contributed by atoms with Crippen molar-refractivity contribution in [2.24, 2.45) is 0 Å². The maximum Gasteiger partial charge on any atom is 0.387 e. The Kier molecular flexibility index (Phi) is 4.74. The second-order valence-corrected chi connectivity index (χ2v) is 6.60. The fourth-order valence-electron chi connectivity index (χ4n) is 2.68. The number of amides is 1. The standard InChI is InChI=1S/C19H12F3N3O2S/c20-13-5-1-11(2-6-13)15-16(25-9-10-28-19(25)23-15)24-17(26)12-3-7-14(8-4-12)27-18(21)22/h1-10,18H,(H,24,26). The van der Waals surface area contributed by atoms with Gasteiger partial charge in [0.1, 0.15) is 23.1 Å². The van der Waals surface area contributed by atoms with E-state index in [1.54, 1.807) is 22.7 Å². The first-order valence-electron chi connectivity index (χ1n) is 8.09. The summed E-state index contributed by atoms with van der Waals surface area (Å²) in [6, 6.07) is 11.1. The number of fused-ring (bicyclic) bond motifs is 1. The topological polar surface area (TPSA) is 55.6 Å². The van der Waals surface area contributed by atoms with Crippen LogP contribution in [0, 0.1) is 5.82 Å². The molecule has 0 saturated heterocycles. The Balaban J connectivity index is 1.65. The van der Waals surface area contributed by atoms with E-state index in [1.807, 2.05) is 5.38 Å². The molecule has 2 aromatic carbocycles. The first-order chi connectivity index (χ1) is 13.5. The zero-order chi connectivity index (χ0) is 19.7. The van der Waals surface area contributed by atoms with E-state index in [9.17, 15) is 18.0 Å². The molecule has 0 saturated carbocycles. The number of carbonyl (C=O) groups excluding carboxylic acids is 1. The molecule has 5 nitrogen and oxygen atoms in total. The Bertz CT molecular complexity index is 1120. The molecule has 0 aliphatic carbocycles. The van der Waals surface area contributed by atoms with Crippen LogP contribution in [-0.2, 0) is 0 Å². The van der Waals surface area contributed by atoms with E-state index in [0.717, 1.165) is 0 Å². The highest BCUT2D eigenvalue weighted by atomic mass is 32.1. The third kappa shape index (κ3) is 3.56. The first-order valence-corrected chi connectivity index (χ1v) is 8.97. The van der Waals surface area contributed by atoms with E-state index in [2.05, 4.69) is 15.0 Å². The third-order valence-corrected chi connectivity index (χ3v) is 4.71. The molecule has 2 aromatic heterocycles. The molecule has 0 bridgehead atoms. The largest absolute Gasteiger partial charge is 0.435 e. The van der Waals surface area contributed by atoms with Crippen LogP contribution < -0.4 is 10.1 Å². The minimum Gasteiger partial charge on any atom is -0.435 e. The number of alkyl halides is 2. The molecule has 0 aliphatic heterocycles. The van der Waals surface area contributed by atoms with Gasteiger partial charge in [0.25, 0.3) is 5.91 Å². The van der Waals surface area contributed by atoms with E-state index >= 15 is 0 Å². The lowest BCUT2D eigenvalue weighted by Crippen LogP contribution is -2.14. The average Bonchev–Trinajstić information content (AvgIpc) is 3.25. The number of halogens is 3. The van der Waals surface area contributed by atoms with Crippen LogP contribution in [0.3, 0.4) is 0 Å². The normalized spacial score (nSPS) is 11.1. The smallest absolute Gasteiger partial charge is 0.387 e. The molecule has 0 radical (unpaired) electrons. The zero-order valence-electron chi connectivity index (χ0n) is 14.1. The van der Waals surface area contributed by atoms with Crippen LogP contribution in [0.15, 0.2) is 60.1 Å². The lowest BCUT2D eigenvalue weighted by atomic mass is 10.1. The number of benzene rings is 2. The molecular formula is C19H12F3N3O2S. The highest BCUT2D eigenvalue weighted by Crippen LogP contribution is 2.31. The number of nitrogens with zero attached hydrogens (tertiary/aromatic N) is 2. The molecule has 28 heavy (non-hydrogen) atoms. The number of nitrogens with one attached hydrogen (secondary N) is 1. The van der Waals surface area contributed by atoms with Gasteiger partial charge in [-0.15, -0.1) is 11.3 Å². The summed E-state index contributed by atoms with van der Waals surface area (Å²) < 4.78 is 43.7. The number of aromatic nitrogens is 2. The molecule has 0 unspecified atom stereocenters. The summed E-state index contributed by atoms with van der Waals surface area (Å²) in [5.41, 5.74) is 1.41. The molecule has 142 valence electrons. The number of hydrogen-bond acceptors (Lipinski definition) is 4. The molecule has 4 rings (SSSR count). The summed E-state index contributed by atoms with van der Waals surface area (Å²) in [6.07, 6.45) is 1.76. The van der Waals surface area contributed by atoms with Gasteiger partial charge in [-0.2, -0.15) is 8.78 Å². The van der Waals surface area contributed by atoms with Gasteiger partial charge in [-0.3, -0.25) is 9.20 Å². The third-order valence-electron chi connectivity index (χ3n) is 3.95. The summed E-state index contributed by atoms with van der Waals surface area (Å²) in [5.74, 6) is -0.426. The molecule has 4 aromatic rings.